The summed E-state index contributed by atoms with van der Waals surface area (Å²) in [4.78, 5) is 7.78. The van der Waals surface area contributed by atoms with Gasteiger partial charge in [-0.15, -0.1) is 0 Å². The molecule has 2 N–H and O–H groups in total. The quantitative estimate of drug-likeness (QED) is 0.851. The number of hydrogen-bond acceptors (Lipinski definition) is 2. The Morgan fingerprint density at radius 2 is 1.94 bits per heavy atom. The van der Waals surface area contributed by atoms with Gasteiger partial charge in [0.15, 0.2) is 5.82 Å². The molecule has 2 rings (SSSR count). The Morgan fingerprint density at radius 3 is 2.47 bits per heavy atom. The van der Waals surface area contributed by atoms with Crippen LogP contribution in [0.2, 0.25) is 0 Å². The van der Waals surface area contributed by atoms with Gasteiger partial charge in [0.2, 0.25) is 0 Å². The van der Waals surface area contributed by atoms with Crippen LogP contribution >= 0.6 is 0 Å². The fourth-order valence-corrected chi connectivity index (χ4v) is 2.11. The van der Waals surface area contributed by atoms with Crippen LogP contribution in [0.5, 0.6) is 0 Å². The molecule has 0 unspecified atom stereocenters. The minimum absolute atomic E-state index is 0.0108. The zero-order valence-electron chi connectivity index (χ0n) is 10.6. The Morgan fingerprint density at radius 1 is 1.29 bits per heavy atom. The van der Waals surface area contributed by atoms with Gasteiger partial charge in [0, 0.05) is 17.8 Å². The first kappa shape index (κ1) is 11.9. The molecule has 2 aromatic rings. The van der Waals surface area contributed by atoms with E-state index >= 15 is 0 Å². The Balaban J connectivity index is 2.50. The number of imidazole rings is 1. The van der Waals surface area contributed by atoms with Crippen LogP contribution in [0.1, 0.15) is 36.3 Å². The lowest BCUT2D eigenvalue weighted by Gasteiger charge is -2.07. The van der Waals surface area contributed by atoms with E-state index in [1.165, 1.54) is 0 Å². The van der Waals surface area contributed by atoms with Crippen LogP contribution in [-0.4, -0.2) is 19.6 Å². The molecular weight excluding hydrogens is 214 g/mol. The number of rotatable bonds is 4. The van der Waals surface area contributed by atoms with E-state index in [0.717, 1.165) is 41.6 Å². The van der Waals surface area contributed by atoms with Crippen molar-refractivity contribution in [1.82, 2.24) is 14.5 Å². The van der Waals surface area contributed by atoms with Gasteiger partial charge in [-0.2, -0.15) is 0 Å². The second kappa shape index (κ2) is 4.75. The molecule has 0 spiro atoms. The zero-order chi connectivity index (χ0) is 12.4. The Hall–Kier alpha value is -1.55. The Kier molecular flexibility index (Phi) is 3.33. The van der Waals surface area contributed by atoms with Gasteiger partial charge in [-0.3, -0.25) is 0 Å². The number of aliphatic hydroxyl groups is 1. The van der Waals surface area contributed by atoms with Crippen LogP contribution in [0.4, 0.5) is 0 Å². The molecule has 2 aromatic heterocycles. The lowest BCUT2D eigenvalue weighted by molar-refractivity contribution is 0.277. The number of aliphatic hydroxyl groups excluding tert-OH is 1. The first-order chi connectivity index (χ1) is 8.17. The van der Waals surface area contributed by atoms with E-state index in [-0.39, 0.29) is 6.61 Å². The molecule has 0 saturated heterocycles. The lowest BCUT2D eigenvalue weighted by Crippen LogP contribution is -2.03. The first-order valence-corrected chi connectivity index (χ1v) is 6.01. The fraction of sp³-hybridized carbons (Fsp3) is 0.462. The maximum absolute atomic E-state index is 9.40. The molecule has 4 nitrogen and oxygen atoms in total. The third kappa shape index (κ3) is 2.13. The molecular formula is C13H19N3O. The minimum atomic E-state index is -0.0108. The van der Waals surface area contributed by atoms with E-state index in [0.29, 0.717) is 0 Å². The second-order valence-electron chi connectivity index (χ2n) is 4.35. The summed E-state index contributed by atoms with van der Waals surface area (Å²) in [6.45, 7) is 6.20. The molecule has 4 heteroatoms. The van der Waals surface area contributed by atoms with Crippen LogP contribution in [0.3, 0.4) is 0 Å². The third-order valence-corrected chi connectivity index (χ3v) is 2.93. The molecule has 0 amide bonds. The number of aryl methyl sites for hydroxylation is 3. The summed E-state index contributed by atoms with van der Waals surface area (Å²) in [5, 5.41) is 9.40. The van der Waals surface area contributed by atoms with Crippen molar-refractivity contribution in [3.8, 4) is 5.82 Å². The summed E-state index contributed by atoms with van der Waals surface area (Å²) in [7, 11) is 0. The van der Waals surface area contributed by atoms with Gasteiger partial charge >= 0.3 is 0 Å². The highest BCUT2D eigenvalue weighted by molar-refractivity contribution is 5.36. The largest absolute Gasteiger partial charge is 0.390 e. The number of nitrogens with zero attached hydrogens (tertiary/aromatic N) is 2. The summed E-state index contributed by atoms with van der Waals surface area (Å²) in [5.74, 6) is 1.77. The SMILES string of the molecule is CCCc1nc(-n2c(C)ccc2C)c(CO)[nH]1. The monoisotopic (exact) mass is 233 g/mol. The molecule has 92 valence electrons. The van der Waals surface area contributed by atoms with Crippen LogP contribution in [-0.2, 0) is 13.0 Å². The summed E-state index contributed by atoms with van der Waals surface area (Å²) in [6.07, 6.45) is 1.95. The highest BCUT2D eigenvalue weighted by Crippen LogP contribution is 2.19. The fourth-order valence-electron chi connectivity index (χ4n) is 2.11. The molecule has 0 fully saturated rings. The molecule has 0 atom stereocenters. The van der Waals surface area contributed by atoms with Crippen molar-refractivity contribution in [3.63, 3.8) is 0 Å². The maximum Gasteiger partial charge on any atom is 0.161 e. The lowest BCUT2D eigenvalue weighted by atomic mass is 10.3. The van der Waals surface area contributed by atoms with E-state index in [4.69, 9.17) is 0 Å². The summed E-state index contributed by atoms with van der Waals surface area (Å²) in [5.41, 5.74) is 3.05. The number of nitrogens with one attached hydrogen (secondary N) is 1. The van der Waals surface area contributed by atoms with E-state index in [2.05, 4.69) is 33.6 Å². The van der Waals surface area contributed by atoms with Gasteiger partial charge in [-0.1, -0.05) is 6.92 Å². The highest BCUT2D eigenvalue weighted by atomic mass is 16.3. The zero-order valence-corrected chi connectivity index (χ0v) is 10.6. The predicted octanol–water partition coefficient (Wildman–Crippen LogP) is 2.26. The number of aromatic amines is 1. The molecule has 0 aliphatic carbocycles. The molecule has 0 radical (unpaired) electrons. The van der Waals surface area contributed by atoms with Gasteiger partial charge in [0.25, 0.3) is 0 Å². The van der Waals surface area contributed by atoms with Crippen molar-refractivity contribution in [2.75, 3.05) is 0 Å². The van der Waals surface area contributed by atoms with E-state index in [9.17, 15) is 5.11 Å². The normalized spacial score (nSPS) is 11.1. The highest BCUT2D eigenvalue weighted by Gasteiger charge is 2.13. The smallest absolute Gasteiger partial charge is 0.161 e. The Labute approximate surface area is 101 Å². The van der Waals surface area contributed by atoms with Crippen LogP contribution in [0.25, 0.3) is 5.82 Å². The van der Waals surface area contributed by atoms with Crippen molar-refractivity contribution < 1.29 is 5.11 Å². The summed E-state index contributed by atoms with van der Waals surface area (Å²) in [6, 6.07) is 4.12. The first-order valence-electron chi connectivity index (χ1n) is 6.01. The molecule has 0 saturated carbocycles. The van der Waals surface area contributed by atoms with Gasteiger partial charge in [-0.05, 0) is 32.4 Å². The average molecular weight is 233 g/mol. The topological polar surface area (TPSA) is 53.8 Å². The predicted molar refractivity (Wildman–Crippen MR) is 67.3 cm³/mol. The van der Waals surface area contributed by atoms with Crippen LogP contribution in [0, 0.1) is 13.8 Å². The van der Waals surface area contributed by atoms with Crippen molar-refractivity contribution in [3.05, 3.63) is 35.0 Å². The Bertz CT molecular complexity index is 491. The van der Waals surface area contributed by atoms with Gasteiger partial charge in [0.05, 0.1) is 12.3 Å². The van der Waals surface area contributed by atoms with Crippen LogP contribution in [0.15, 0.2) is 12.1 Å². The van der Waals surface area contributed by atoms with E-state index < -0.39 is 0 Å². The minimum Gasteiger partial charge on any atom is -0.390 e. The standard InChI is InChI=1S/C13H19N3O/c1-4-5-12-14-11(8-17)13(15-12)16-9(2)6-7-10(16)3/h6-7,17H,4-5,8H2,1-3H3,(H,14,15). The third-order valence-electron chi connectivity index (χ3n) is 2.93. The van der Waals surface area contributed by atoms with Gasteiger partial charge in [-0.25, -0.2) is 4.98 Å². The van der Waals surface area contributed by atoms with Crippen molar-refractivity contribution in [2.24, 2.45) is 0 Å². The molecule has 0 aliphatic heterocycles. The van der Waals surface area contributed by atoms with Crippen molar-refractivity contribution >= 4 is 0 Å². The van der Waals surface area contributed by atoms with Crippen LogP contribution < -0.4 is 0 Å². The van der Waals surface area contributed by atoms with E-state index in [1.807, 2.05) is 13.8 Å². The van der Waals surface area contributed by atoms with Crippen molar-refractivity contribution in [1.29, 1.82) is 0 Å². The van der Waals surface area contributed by atoms with Gasteiger partial charge in [0.1, 0.15) is 5.82 Å². The molecule has 0 bridgehead atoms. The van der Waals surface area contributed by atoms with Crippen molar-refractivity contribution in [2.45, 2.75) is 40.2 Å². The molecule has 17 heavy (non-hydrogen) atoms. The summed E-state index contributed by atoms with van der Waals surface area (Å²) >= 11 is 0. The van der Waals surface area contributed by atoms with E-state index in [1.54, 1.807) is 0 Å². The molecule has 0 aromatic carbocycles. The number of aromatic nitrogens is 3. The number of hydrogen-bond donors (Lipinski definition) is 2. The molecule has 0 aliphatic rings. The average Bonchev–Trinajstić information content (AvgIpc) is 2.83. The number of H-pyrrole nitrogens is 1. The van der Waals surface area contributed by atoms with Gasteiger partial charge < -0.3 is 14.7 Å². The molecule has 2 heterocycles. The summed E-state index contributed by atoms with van der Waals surface area (Å²) < 4.78 is 2.07. The second-order valence-corrected chi connectivity index (χ2v) is 4.35. The maximum atomic E-state index is 9.40.